The fourth-order valence-corrected chi connectivity index (χ4v) is 4.91. The number of thiophene rings is 1. The molecule has 5 aromatic rings. The lowest BCUT2D eigenvalue weighted by molar-refractivity contribution is -0.384. The number of benzene rings is 2. The molecule has 0 aliphatic heterocycles. The highest BCUT2D eigenvalue weighted by Gasteiger charge is 2.16. The number of rotatable bonds is 6. The second kappa shape index (κ2) is 8.44. The Bertz CT molecular complexity index is 1420. The first-order valence-corrected chi connectivity index (χ1v) is 11.1. The maximum atomic E-state index is 13.3. The first-order chi connectivity index (χ1) is 15.6. The molecule has 2 aromatic carbocycles. The Hall–Kier alpha value is -3.70. The smallest absolute Gasteiger partial charge is 0.269 e. The number of hydrogen-bond acceptors (Lipinski definition) is 9. The molecule has 0 radical (unpaired) electrons. The number of nitro benzene ring substituents is 1. The number of nitrogens with zero attached hydrogens (tertiary/aromatic N) is 5. The normalized spacial score (nSPS) is 11.2. The van der Waals surface area contributed by atoms with Crippen LogP contribution in [0, 0.1) is 15.9 Å². The molecule has 0 spiro atoms. The second-order valence-corrected chi connectivity index (χ2v) is 8.43. The van der Waals surface area contributed by atoms with Crippen LogP contribution < -0.4 is 0 Å². The Kier molecular flexibility index (Phi) is 5.33. The molecule has 0 amide bonds. The van der Waals surface area contributed by atoms with Crippen LogP contribution in [0.25, 0.3) is 32.8 Å². The zero-order valence-electron chi connectivity index (χ0n) is 16.1. The van der Waals surface area contributed by atoms with E-state index in [-0.39, 0.29) is 17.4 Å². The minimum absolute atomic E-state index is 0.00968. The van der Waals surface area contributed by atoms with E-state index in [9.17, 15) is 14.5 Å². The molecule has 0 aliphatic rings. The van der Waals surface area contributed by atoms with E-state index in [1.165, 1.54) is 53.7 Å². The SMILES string of the molecule is O=[N+]([O-])c1ccc(-c2nnc(CSc3ncnc4scc(-c5ccc(F)cc5)c34)o2)cc1. The molecule has 3 aromatic heterocycles. The van der Waals surface area contributed by atoms with E-state index in [0.717, 1.165) is 26.4 Å². The predicted molar refractivity (Wildman–Crippen MR) is 119 cm³/mol. The molecule has 5 rings (SSSR count). The van der Waals surface area contributed by atoms with Crippen LogP contribution in [0.2, 0.25) is 0 Å². The van der Waals surface area contributed by atoms with Crippen molar-refractivity contribution in [3.8, 4) is 22.6 Å². The minimum atomic E-state index is -0.466. The Morgan fingerprint density at radius 3 is 2.53 bits per heavy atom. The lowest BCUT2D eigenvalue weighted by atomic mass is 10.1. The first kappa shape index (κ1) is 20.2. The van der Waals surface area contributed by atoms with Gasteiger partial charge in [-0.3, -0.25) is 10.1 Å². The fourth-order valence-electron chi connectivity index (χ4n) is 3.08. The van der Waals surface area contributed by atoms with Gasteiger partial charge < -0.3 is 4.42 Å². The summed E-state index contributed by atoms with van der Waals surface area (Å²) in [7, 11) is 0. The van der Waals surface area contributed by atoms with E-state index >= 15 is 0 Å². The summed E-state index contributed by atoms with van der Waals surface area (Å²) in [6.45, 7) is 0. The van der Waals surface area contributed by atoms with Crippen molar-refractivity contribution in [3.63, 3.8) is 0 Å². The van der Waals surface area contributed by atoms with Crippen LogP contribution in [0.3, 0.4) is 0 Å². The van der Waals surface area contributed by atoms with E-state index in [2.05, 4.69) is 20.2 Å². The Balaban J connectivity index is 1.38. The quantitative estimate of drug-likeness (QED) is 0.135. The molecule has 0 aliphatic carbocycles. The van der Waals surface area contributed by atoms with Crippen LogP contribution in [0.15, 0.2) is 69.7 Å². The lowest BCUT2D eigenvalue weighted by Crippen LogP contribution is -1.88. The van der Waals surface area contributed by atoms with Crippen LogP contribution in [0.5, 0.6) is 0 Å². The van der Waals surface area contributed by atoms with Crippen molar-refractivity contribution in [1.82, 2.24) is 20.2 Å². The minimum Gasteiger partial charge on any atom is -0.420 e. The Morgan fingerprint density at radius 1 is 1.03 bits per heavy atom. The van der Waals surface area contributed by atoms with Crippen molar-refractivity contribution in [2.45, 2.75) is 10.8 Å². The van der Waals surface area contributed by atoms with E-state index in [0.29, 0.717) is 17.2 Å². The van der Waals surface area contributed by atoms with Gasteiger partial charge in [-0.2, -0.15) is 0 Å². The number of nitro groups is 1. The molecule has 0 saturated heterocycles. The van der Waals surface area contributed by atoms with Crippen molar-refractivity contribution >= 4 is 39.0 Å². The summed E-state index contributed by atoms with van der Waals surface area (Å²) >= 11 is 2.93. The zero-order valence-corrected chi connectivity index (χ0v) is 17.8. The fraction of sp³-hybridized carbons (Fsp3) is 0.0476. The van der Waals surface area contributed by atoms with Crippen LogP contribution >= 0.6 is 23.1 Å². The number of aromatic nitrogens is 4. The molecule has 0 atom stereocenters. The summed E-state index contributed by atoms with van der Waals surface area (Å²) in [6, 6.07) is 12.2. The highest BCUT2D eigenvalue weighted by molar-refractivity contribution is 7.98. The Morgan fingerprint density at radius 2 is 1.78 bits per heavy atom. The molecule has 0 unspecified atom stereocenters. The number of halogens is 1. The topological polar surface area (TPSA) is 108 Å². The molecule has 0 bridgehead atoms. The van der Waals surface area contributed by atoms with Gasteiger partial charge in [0.25, 0.3) is 5.69 Å². The van der Waals surface area contributed by atoms with Crippen LogP contribution in [0.1, 0.15) is 5.89 Å². The van der Waals surface area contributed by atoms with Crippen LogP contribution in [0.4, 0.5) is 10.1 Å². The van der Waals surface area contributed by atoms with E-state index in [1.807, 2.05) is 5.38 Å². The maximum Gasteiger partial charge on any atom is 0.269 e. The molecule has 32 heavy (non-hydrogen) atoms. The van der Waals surface area contributed by atoms with E-state index in [4.69, 9.17) is 4.42 Å². The predicted octanol–water partition coefficient (Wildman–Crippen LogP) is 5.75. The average molecular weight is 465 g/mol. The van der Waals surface area contributed by atoms with E-state index < -0.39 is 4.92 Å². The summed E-state index contributed by atoms with van der Waals surface area (Å²) in [5.74, 6) is 0.768. The van der Waals surface area contributed by atoms with Gasteiger partial charge >= 0.3 is 0 Å². The molecule has 8 nitrogen and oxygen atoms in total. The number of hydrogen-bond donors (Lipinski definition) is 0. The third-order valence-corrected chi connectivity index (χ3v) is 6.48. The Labute approximate surface area is 188 Å². The van der Waals surface area contributed by atoms with Crippen molar-refractivity contribution in [2.75, 3.05) is 0 Å². The monoisotopic (exact) mass is 465 g/mol. The van der Waals surface area contributed by atoms with Crippen molar-refractivity contribution in [1.29, 1.82) is 0 Å². The van der Waals surface area contributed by atoms with Crippen molar-refractivity contribution in [3.05, 3.63) is 82.1 Å². The molecule has 0 N–H and O–H groups in total. The zero-order chi connectivity index (χ0) is 22.1. The molecule has 3 heterocycles. The van der Waals surface area contributed by atoms with Gasteiger partial charge in [-0.1, -0.05) is 23.9 Å². The average Bonchev–Trinajstić information content (AvgIpc) is 3.46. The van der Waals surface area contributed by atoms with Crippen molar-refractivity contribution < 1.29 is 13.7 Å². The third kappa shape index (κ3) is 3.95. The van der Waals surface area contributed by atoms with E-state index in [1.54, 1.807) is 24.3 Å². The first-order valence-electron chi connectivity index (χ1n) is 9.26. The molecular formula is C21H12FN5O3S2. The van der Waals surface area contributed by atoms with Gasteiger partial charge in [-0.25, -0.2) is 14.4 Å². The lowest BCUT2D eigenvalue weighted by Gasteiger charge is -2.04. The molecule has 11 heteroatoms. The summed E-state index contributed by atoms with van der Waals surface area (Å²) in [5.41, 5.74) is 2.41. The molecular weight excluding hydrogens is 453 g/mol. The molecule has 0 saturated carbocycles. The van der Waals surface area contributed by atoms with Crippen LogP contribution in [-0.2, 0) is 5.75 Å². The van der Waals surface area contributed by atoms with Gasteiger partial charge in [0.15, 0.2) is 0 Å². The standard InChI is InChI=1S/C21H12FN5O3S2/c22-14-5-1-12(2-6-14)16-9-31-20-18(16)21(24-11-23-20)32-10-17-25-26-19(30-17)13-3-7-15(8-4-13)27(28)29/h1-9,11H,10H2. The summed E-state index contributed by atoms with van der Waals surface area (Å²) in [5, 5.41) is 22.5. The third-order valence-electron chi connectivity index (χ3n) is 4.61. The van der Waals surface area contributed by atoms with Gasteiger partial charge in [-0.05, 0) is 29.8 Å². The van der Waals surface area contributed by atoms with Crippen LogP contribution in [-0.4, -0.2) is 25.1 Å². The summed E-state index contributed by atoms with van der Waals surface area (Å²) < 4.78 is 19.0. The highest BCUT2D eigenvalue weighted by atomic mass is 32.2. The number of fused-ring (bicyclic) bond motifs is 1. The molecule has 158 valence electrons. The van der Waals surface area contributed by atoms with Gasteiger partial charge in [-0.15, -0.1) is 21.5 Å². The van der Waals surface area contributed by atoms with Gasteiger partial charge in [0.2, 0.25) is 11.8 Å². The second-order valence-electron chi connectivity index (χ2n) is 6.61. The van der Waals surface area contributed by atoms with Gasteiger partial charge in [0.05, 0.1) is 16.1 Å². The highest BCUT2D eigenvalue weighted by Crippen LogP contribution is 2.38. The van der Waals surface area contributed by atoms with Gasteiger partial charge in [0, 0.05) is 28.6 Å². The largest absolute Gasteiger partial charge is 0.420 e. The van der Waals surface area contributed by atoms with Crippen molar-refractivity contribution in [2.24, 2.45) is 0 Å². The summed E-state index contributed by atoms with van der Waals surface area (Å²) in [6.07, 6.45) is 1.51. The summed E-state index contributed by atoms with van der Waals surface area (Å²) in [4.78, 5) is 19.9. The number of thioether (sulfide) groups is 1. The number of non-ortho nitro benzene ring substituents is 1. The molecule has 0 fully saturated rings. The van der Waals surface area contributed by atoms with Gasteiger partial charge in [0.1, 0.15) is 22.0 Å². The maximum absolute atomic E-state index is 13.3.